The first kappa shape index (κ1) is 13.5. The summed E-state index contributed by atoms with van der Waals surface area (Å²) in [6.45, 7) is 1.88. The van der Waals surface area contributed by atoms with Crippen molar-refractivity contribution in [3.8, 4) is 5.69 Å². The summed E-state index contributed by atoms with van der Waals surface area (Å²) in [5.74, 6) is 0.402. The fraction of sp³-hybridized carbons (Fsp3) is 0.143. The van der Waals surface area contributed by atoms with Crippen molar-refractivity contribution in [1.82, 2.24) is 14.5 Å². The standard InChI is InChI=1S/C14H10BrClFN3/c1-8-2-4-11-14(18-8)20(13(7-16)19-11)12-5-3-9(15)6-10(12)17/h2-6H,7H2,1H3. The molecule has 3 aromatic rings. The van der Waals surface area contributed by atoms with Crippen LogP contribution in [0.4, 0.5) is 4.39 Å². The lowest BCUT2D eigenvalue weighted by Gasteiger charge is -2.09. The van der Waals surface area contributed by atoms with E-state index in [0.29, 0.717) is 27.1 Å². The molecule has 0 aliphatic heterocycles. The van der Waals surface area contributed by atoms with Gasteiger partial charge in [0, 0.05) is 10.2 Å². The minimum absolute atomic E-state index is 0.185. The molecule has 3 nitrogen and oxygen atoms in total. The number of hydrogen-bond acceptors (Lipinski definition) is 2. The molecule has 0 radical (unpaired) electrons. The van der Waals surface area contributed by atoms with Crippen LogP contribution >= 0.6 is 27.5 Å². The van der Waals surface area contributed by atoms with E-state index < -0.39 is 0 Å². The highest BCUT2D eigenvalue weighted by Crippen LogP contribution is 2.25. The van der Waals surface area contributed by atoms with Crippen LogP contribution in [-0.4, -0.2) is 14.5 Å². The first-order valence-electron chi connectivity index (χ1n) is 5.96. The zero-order chi connectivity index (χ0) is 14.3. The maximum atomic E-state index is 14.2. The van der Waals surface area contributed by atoms with Gasteiger partial charge in [-0.15, -0.1) is 11.6 Å². The molecule has 2 heterocycles. The van der Waals surface area contributed by atoms with Crippen molar-refractivity contribution in [2.75, 3.05) is 0 Å². The summed E-state index contributed by atoms with van der Waals surface area (Å²) in [6, 6.07) is 8.60. The average molecular weight is 355 g/mol. The lowest BCUT2D eigenvalue weighted by Crippen LogP contribution is -2.03. The second-order valence-corrected chi connectivity index (χ2v) is 5.57. The number of pyridine rings is 1. The largest absolute Gasteiger partial charge is 0.277 e. The van der Waals surface area contributed by atoms with Gasteiger partial charge in [-0.3, -0.25) is 4.57 Å². The van der Waals surface area contributed by atoms with E-state index in [1.165, 1.54) is 6.07 Å². The highest BCUT2D eigenvalue weighted by Gasteiger charge is 2.16. The van der Waals surface area contributed by atoms with Crippen LogP contribution in [0.2, 0.25) is 0 Å². The molecule has 6 heteroatoms. The van der Waals surface area contributed by atoms with Gasteiger partial charge >= 0.3 is 0 Å². The van der Waals surface area contributed by atoms with E-state index in [-0.39, 0.29) is 11.7 Å². The molecule has 0 fully saturated rings. The Kier molecular flexibility index (Phi) is 3.48. The minimum Gasteiger partial charge on any atom is -0.277 e. The quantitative estimate of drug-likeness (QED) is 0.640. The van der Waals surface area contributed by atoms with E-state index >= 15 is 0 Å². The van der Waals surface area contributed by atoms with E-state index in [4.69, 9.17) is 11.6 Å². The molecule has 0 amide bonds. The van der Waals surface area contributed by atoms with Gasteiger partial charge in [-0.25, -0.2) is 14.4 Å². The number of fused-ring (bicyclic) bond motifs is 1. The van der Waals surface area contributed by atoms with E-state index in [2.05, 4.69) is 25.9 Å². The monoisotopic (exact) mass is 353 g/mol. The van der Waals surface area contributed by atoms with Crippen LogP contribution < -0.4 is 0 Å². The SMILES string of the molecule is Cc1ccc2nc(CCl)n(-c3ccc(Br)cc3F)c2n1. The molecular weight excluding hydrogens is 345 g/mol. The molecule has 102 valence electrons. The van der Waals surface area contributed by atoms with Crippen molar-refractivity contribution < 1.29 is 4.39 Å². The lowest BCUT2D eigenvalue weighted by atomic mass is 10.3. The number of benzene rings is 1. The van der Waals surface area contributed by atoms with Crippen molar-refractivity contribution in [2.45, 2.75) is 12.8 Å². The van der Waals surface area contributed by atoms with Crippen molar-refractivity contribution in [3.63, 3.8) is 0 Å². The fourth-order valence-electron chi connectivity index (χ4n) is 2.10. The number of rotatable bonds is 2. The molecule has 0 atom stereocenters. The van der Waals surface area contributed by atoms with Gasteiger partial charge in [0.05, 0.1) is 11.6 Å². The van der Waals surface area contributed by atoms with Gasteiger partial charge in [0.25, 0.3) is 0 Å². The fourth-order valence-corrected chi connectivity index (χ4v) is 2.62. The van der Waals surface area contributed by atoms with Crippen LogP contribution in [0.1, 0.15) is 11.5 Å². The molecule has 0 saturated carbocycles. The molecule has 0 aliphatic rings. The lowest BCUT2D eigenvalue weighted by molar-refractivity contribution is 0.616. The number of aryl methyl sites for hydroxylation is 1. The van der Waals surface area contributed by atoms with Crippen molar-refractivity contribution >= 4 is 38.7 Å². The topological polar surface area (TPSA) is 30.7 Å². The number of alkyl halides is 1. The Morgan fingerprint density at radius 1 is 1.25 bits per heavy atom. The first-order valence-corrected chi connectivity index (χ1v) is 7.29. The van der Waals surface area contributed by atoms with E-state index in [9.17, 15) is 4.39 Å². The van der Waals surface area contributed by atoms with Gasteiger partial charge in [-0.1, -0.05) is 15.9 Å². The van der Waals surface area contributed by atoms with Gasteiger partial charge in [-0.2, -0.15) is 0 Å². The number of halogens is 3. The molecule has 20 heavy (non-hydrogen) atoms. The summed E-state index contributed by atoms with van der Waals surface area (Å²) in [6.07, 6.45) is 0. The summed E-state index contributed by atoms with van der Waals surface area (Å²) >= 11 is 9.18. The Bertz CT molecular complexity index is 800. The number of imidazole rings is 1. The Morgan fingerprint density at radius 3 is 2.75 bits per heavy atom. The van der Waals surface area contributed by atoms with Crippen LogP contribution in [-0.2, 0) is 5.88 Å². The molecule has 0 N–H and O–H groups in total. The summed E-state index contributed by atoms with van der Waals surface area (Å²) in [7, 11) is 0. The molecule has 2 aromatic heterocycles. The van der Waals surface area contributed by atoms with Gasteiger partial charge in [0.1, 0.15) is 17.2 Å². The molecule has 0 aliphatic carbocycles. The third kappa shape index (κ3) is 2.21. The van der Waals surface area contributed by atoms with Crippen LogP contribution in [0, 0.1) is 12.7 Å². The van der Waals surface area contributed by atoms with Crippen LogP contribution in [0.15, 0.2) is 34.8 Å². The summed E-state index contributed by atoms with van der Waals surface area (Å²) in [4.78, 5) is 8.85. The predicted molar refractivity (Wildman–Crippen MR) is 80.8 cm³/mol. The number of nitrogens with zero attached hydrogens (tertiary/aromatic N) is 3. The van der Waals surface area contributed by atoms with Crippen LogP contribution in [0.5, 0.6) is 0 Å². The summed E-state index contributed by atoms with van der Waals surface area (Å²) in [5, 5.41) is 0. The Labute approximate surface area is 128 Å². The Morgan fingerprint density at radius 2 is 2.05 bits per heavy atom. The maximum Gasteiger partial charge on any atom is 0.165 e. The highest BCUT2D eigenvalue weighted by atomic mass is 79.9. The molecule has 0 saturated heterocycles. The first-order chi connectivity index (χ1) is 9.60. The van der Waals surface area contributed by atoms with Gasteiger partial charge < -0.3 is 0 Å². The zero-order valence-corrected chi connectivity index (χ0v) is 12.9. The second-order valence-electron chi connectivity index (χ2n) is 4.39. The zero-order valence-electron chi connectivity index (χ0n) is 10.6. The molecule has 1 aromatic carbocycles. The number of aromatic nitrogens is 3. The smallest absolute Gasteiger partial charge is 0.165 e. The van der Waals surface area contributed by atoms with Crippen molar-refractivity contribution in [1.29, 1.82) is 0 Å². The molecule has 0 bridgehead atoms. The average Bonchev–Trinajstić information content (AvgIpc) is 2.76. The van der Waals surface area contributed by atoms with Crippen molar-refractivity contribution in [2.24, 2.45) is 0 Å². The third-order valence-corrected chi connectivity index (χ3v) is 3.72. The second kappa shape index (κ2) is 5.14. The van der Waals surface area contributed by atoms with E-state index in [1.54, 1.807) is 16.7 Å². The highest BCUT2D eigenvalue weighted by molar-refractivity contribution is 9.10. The third-order valence-electron chi connectivity index (χ3n) is 2.98. The minimum atomic E-state index is -0.353. The Balaban J connectivity index is 2.36. The maximum absolute atomic E-state index is 14.2. The predicted octanol–water partition coefficient (Wildman–Crippen LogP) is 4.37. The molecule has 0 unspecified atom stereocenters. The van der Waals surface area contributed by atoms with Crippen LogP contribution in [0.3, 0.4) is 0 Å². The van der Waals surface area contributed by atoms with Crippen LogP contribution in [0.25, 0.3) is 16.9 Å². The van der Waals surface area contributed by atoms with Gasteiger partial charge in [-0.05, 0) is 37.3 Å². The van der Waals surface area contributed by atoms with Gasteiger partial charge in [0.15, 0.2) is 5.65 Å². The van der Waals surface area contributed by atoms with Gasteiger partial charge in [0.2, 0.25) is 0 Å². The van der Waals surface area contributed by atoms with Crippen molar-refractivity contribution in [3.05, 3.63) is 52.1 Å². The molecule has 0 spiro atoms. The van der Waals surface area contributed by atoms with E-state index in [0.717, 1.165) is 5.69 Å². The van der Waals surface area contributed by atoms with E-state index in [1.807, 2.05) is 19.1 Å². The normalized spacial score (nSPS) is 11.2. The summed E-state index contributed by atoms with van der Waals surface area (Å²) < 4.78 is 16.6. The molecule has 3 rings (SSSR count). The Hall–Kier alpha value is -1.46. The number of hydrogen-bond donors (Lipinski definition) is 0. The molecular formula is C14H10BrClFN3. The summed E-state index contributed by atoms with van der Waals surface area (Å²) in [5.41, 5.74) is 2.55.